The Labute approximate surface area is 181 Å². The summed E-state index contributed by atoms with van der Waals surface area (Å²) in [5.41, 5.74) is 4.20. The third-order valence-electron chi connectivity index (χ3n) is 5.78. The van der Waals surface area contributed by atoms with Gasteiger partial charge in [-0.05, 0) is 31.1 Å². The summed E-state index contributed by atoms with van der Waals surface area (Å²) in [6.07, 6.45) is 2.20. The first-order valence-electron chi connectivity index (χ1n) is 10.1. The van der Waals surface area contributed by atoms with Crippen LogP contribution in [0.25, 0.3) is 0 Å². The fourth-order valence-electron chi connectivity index (χ4n) is 4.09. The van der Waals surface area contributed by atoms with Crippen molar-refractivity contribution in [2.24, 2.45) is 0 Å². The number of methoxy groups -OCH3 is 1. The van der Waals surface area contributed by atoms with Gasteiger partial charge < -0.3 is 19.4 Å². The normalized spacial score (nSPS) is 16.3. The van der Waals surface area contributed by atoms with E-state index in [2.05, 4.69) is 32.4 Å². The highest BCUT2D eigenvalue weighted by Gasteiger charge is 2.28. The predicted molar refractivity (Wildman–Crippen MR) is 119 cm³/mol. The maximum atomic E-state index is 11.9. The number of piperazine rings is 1. The molecule has 7 nitrogen and oxygen atoms in total. The van der Waals surface area contributed by atoms with Crippen LogP contribution in [0.3, 0.4) is 0 Å². The first-order valence-corrected chi connectivity index (χ1v) is 10.5. The van der Waals surface area contributed by atoms with E-state index in [4.69, 9.17) is 16.3 Å². The van der Waals surface area contributed by atoms with Gasteiger partial charge in [0.25, 0.3) is 0 Å². The molecule has 0 unspecified atom stereocenters. The van der Waals surface area contributed by atoms with Gasteiger partial charge in [0.1, 0.15) is 5.82 Å². The summed E-state index contributed by atoms with van der Waals surface area (Å²) in [6, 6.07) is 6.46. The Morgan fingerprint density at radius 3 is 2.63 bits per heavy atom. The maximum absolute atomic E-state index is 11.9. The van der Waals surface area contributed by atoms with E-state index in [0.29, 0.717) is 25.6 Å². The summed E-state index contributed by atoms with van der Waals surface area (Å²) in [5.74, 6) is 0.889. The molecule has 0 radical (unpaired) electrons. The number of carbonyl (C=O) groups excluding carboxylic acids is 1. The van der Waals surface area contributed by atoms with Gasteiger partial charge in [0.2, 0.25) is 5.91 Å². The van der Waals surface area contributed by atoms with Gasteiger partial charge in [-0.15, -0.1) is 0 Å². The Hall–Kier alpha value is -2.80. The largest absolute Gasteiger partial charge is 0.467 e. The fraction of sp³-hybridized carbons (Fsp3) is 0.409. The number of fused-ring (bicyclic) bond motifs is 1. The van der Waals surface area contributed by atoms with Gasteiger partial charge in [0, 0.05) is 38.3 Å². The standard InChI is InChI=1S/C22H26ClN5O2/c1-4-19(29)26-10-12-27(13-11-26)21-16-8-9-28(14-17(16)24-22(25-21)30-3)18-7-5-6-15(2)20(18)23/h4-7H,1,8-14H2,2-3H3. The molecule has 2 aliphatic rings. The van der Waals surface area contributed by atoms with Crippen molar-refractivity contribution in [1.29, 1.82) is 0 Å². The number of aryl methyl sites for hydroxylation is 1. The molecule has 2 aromatic rings. The van der Waals surface area contributed by atoms with E-state index in [1.165, 1.54) is 6.08 Å². The summed E-state index contributed by atoms with van der Waals surface area (Å²) >= 11 is 6.57. The second-order valence-electron chi connectivity index (χ2n) is 7.56. The molecular weight excluding hydrogens is 402 g/mol. The third-order valence-corrected chi connectivity index (χ3v) is 6.27. The Balaban J connectivity index is 1.61. The lowest BCUT2D eigenvalue weighted by Gasteiger charge is -2.38. The second kappa shape index (κ2) is 8.52. The van der Waals surface area contributed by atoms with Gasteiger partial charge in [0.05, 0.1) is 30.1 Å². The Bertz CT molecular complexity index is 972. The number of benzene rings is 1. The second-order valence-corrected chi connectivity index (χ2v) is 7.93. The van der Waals surface area contributed by atoms with Crippen molar-refractivity contribution in [2.45, 2.75) is 19.9 Å². The quantitative estimate of drug-likeness (QED) is 0.699. The van der Waals surface area contributed by atoms with Crippen molar-refractivity contribution in [3.05, 3.63) is 52.7 Å². The number of aromatic nitrogens is 2. The minimum atomic E-state index is -0.0253. The van der Waals surface area contributed by atoms with Crippen LogP contribution in [0.4, 0.5) is 11.5 Å². The third kappa shape index (κ3) is 3.81. The Kier molecular flexibility index (Phi) is 5.81. The van der Waals surface area contributed by atoms with Crippen LogP contribution in [0.2, 0.25) is 5.02 Å². The zero-order valence-electron chi connectivity index (χ0n) is 17.4. The highest BCUT2D eigenvalue weighted by Crippen LogP contribution is 2.35. The zero-order chi connectivity index (χ0) is 21.3. The molecular formula is C22H26ClN5O2. The fourth-order valence-corrected chi connectivity index (χ4v) is 4.34. The number of hydrogen-bond donors (Lipinski definition) is 0. The van der Waals surface area contributed by atoms with Gasteiger partial charge in [-0.25, -0.2) is 0 Å². The van der Waals surface area contributed by atoms with E-state index in [0.717, 1.165) is 59.4 Å². The molecule has 1 amide bonds. The van der Waals surface area contributed by atoms with Crippen LogP contribution < -0.4 is 14.5 Å². The SMILES string of the molecule is C=CC(=O)N1CCN(c2nc(OC)nc3c2CCN(c2cccc(C)c2Cl)C3)CC1. The molecule has 0 N–H and O–H groups in total. The first-order chi connectivity index (χ1) is 14.5. The molecule has 3 heterocycles. The number of hydrogen-bond acceptors (Lipinski definition) is 6. The van der Waals surface area contributed by atoms with Crippen LogP contribution in [0.1, 0.15) is 16.8 Å². The highest BCUT2D eigenvalue weighted by atomic mass is 35.5. The average molecular weight is 428 g/mol. The first kappa shape index (κ1) is 20.5. The lowest BCUT2D eigenvalue weighted by molar-refractivity contribution is -0.126. The van der Waals surface area contributed by atoms with Crippen LogP contribution in [0, 0.1) is 6.92 Å². The number of rotatable bonds is 4. The molecule has 2 aliphatic heterocycles. The maximum Gasteiger partial charge on any atom is 0.318 e. The van der Waals surface area contributed by atoms with Gasteiger partial charge in [-0.1, -0.05) is 30.3 Å². The molecule has 0 saturated carbocycles. The van der Waals surface area contributed by atoms with E-state index in [9.17, 15) is 4.79 Å². The van der Waals surface area contributed by atoms with Crippen LogP contribution in [0.5, 0.6) is 6.01 Å². The number of nitrogens with zero attached hydrogens (tertiary/aromatic N) is 5. The lowest BCUT2D eigenvalue weighted by atomic mass is 10.0. The lowest BCUT2D eigenvalue weighted by Crippen LogP contribution is -2.49. The minimum Gasteiger partial charge on any atom is -0.467 e. The summed E-state index contributed by atoms with van der Waals surface area (Å²) in [7, 11) is 1.59. The van der Waals surface area contributed by atoms with E-state index in [1.807, 2.05) is 24.0 Å². The number of carbonyl (C=O) groups is 1. The molecule has 158 valence electrons. The smallest absolute Gasteiger partial charge is 0.318 e. The number of amides is 1. The molecule has 0 atom stereocenters. The summed E-state index contributed by atoms with van der Waals surface area (Å²) < 4.78 is 5.40. The van der Waals surface area contributed by atoms with E-state index >= 15 is 0 Å². The number of ether oxygens (including phenoxy) is 1. The van der Waals surface area contributed by atoms with Crippen molar-refractivity contribution < 1.29 is 9.53 Å². The van der Waals surface area contributed by atoms with E-state index < -0.39 is 0 Å². The molecule has 4 rings (SSSR count). The topological polar surface area (TPSA) is 61.8 Å². The summed E-state index contributed by atoms with van der Waals surface area (Å²) in [4.78, 5) is 27.5. The van der Waals surface area contributed by atoms with Crippen LogP contribution in [-0.4, -0.2) is 60.6 Å². The van der Waals surface area contributed by atoms with Gasteiger partial charge >= 0.3 is 6.01 Å². The van der Waals surface area contributed by atoms with Crippen molar-refractivity contribution in [2.75, 3.05) is 49.6 Å². The van der Waals surface area contributed by atoms with Crippen LogP contribution >= 0.6 is 11.6 Å². The van der Waals surface area contributed by atoms with E-state index in [1.54, 1.807) is 7.11 Å². The van der Waals surface area contributed by atoms with E-state index in [-0.39, 0.29) is 5.91 Å². The molecule has 1 saturated heterocycles. The summed E-state index contributed by atoms with van der Waals surface area (Å²) in [5, 5.41) is 0.783. The van der Waals surface area contributed by atoms with Crippen molar-refractivity contribution in [3.8, 4) is 6.01 Å². The molecule has 8 heteroatoms. The van der Waals surface area contributed by atoms with Crippen LogP contribution in [-0.2, 0) is 17.8 Å². The van der Waals surface area contributed by atoms with Crippen molar-refractivity contribution >= 4 is 29.0 Å². The summed E-state index contributed by atoms with van der Waals surface area (Å²) in [6.45, 7) is 9.83. The molecule has 1 fully saturated rings. The molecule has 0 aliphatic carbocycles. The van der Waals surface area contributed by atoms with Gasteiger partial charge in [-0.3, -0.25) is 4.79 Å². The minimum absolute atomic E-state index is 0.0253. The molecule has 0 spiro atoms. The zero-order valence-corrected chi connectivity index (χ0v) is 18.2. The Morgan fingerprint density at radius 2 is 1.93 bits per heavy atom. The predicted octanol–water partition coefficient (Wildman–Crippen LogP) is 2.84. The molecule has 0 bridgehead atoms. The molecule has 1 aromatic carbocycles. The Morgan fingerprint density at radius 1 is 1.17 bits per heavy atom. The number of anilines is 2. The van der Waals surface area contributed by atoms with Gasteiger partial charge in [-0.2, -0.15) is 9.97 Å². The van der Waals surface area contributed by atoms with Crippen molar-refractivity contribution in [1.82, 2.24) is 14.9 Å². The number of halogens is 1. The molecule has 30 heavy (non-hydrogen) atoms. The average Bonchev–Trinajstić information content (AvgIpc) is 2.79. The molecule has 1 aromatic heterocycles. The highest BCUT2D eigenvalue weighted by molar-refractivity contribution is 6.34. The van der Waals surface area contributed by atoms with Crippen LogP contribution in [0.15, 0.2) is 30.9 Å². The van der Waals surface area contributed by atoms with Crippen molar-refractivity contribution in [3.63, 3.8) is 0 Å². The van der Waals surface area contributed by atoms with Gasteiger partial charge in [0.15, 0.2) is 0 Å². The monoisotopic (exact) mass is 427 g/mol.